The Kier molecular flexibility index (Phi) is 6.21. The summed E-state index contributed by atoms with van der Waals surface area (Å²) in [4.78, 5) is 21.3. The van der Waals surface area contributed by atoms with E-state index in [0.29, 0.717) is 18.7 Å². The number of anilines is 1. The molecule has 1 aromatic heterocycles. The fourth-order valence-electron chi connectivity index (χ4n) is 3.01. The van der Waals surface area contributed by atoms with Crippen molar-refractivity contribution in [2.45, 2.75) is 20.0 Å². The Bertz CT molecular complexity index is 865. The van der Waals surface area contributed by atoms with E-state index in [1.54, 1.807) is 12.3 Å². The summed E-state index contributed by atoms with van der Waals surface area (Å²) in [6, 6.07) is 24.0. The van der Waals surface area contributed by atoms with E-state index in [-0.39, 0.29) is 5.91 Å². The van der Waals surface area contributed by atoms with Gasteiger partial charge in [0.2, 0.25) is 0 Å². The first kappa shape index (κ1) is 18.6. The van der Waals surface area contributed by atoms with E-state index in [4.69, 9.17) is 0 Å². The summed E-state index contributed by atoms with van der Waals surface area (Å²) in [6.07, 6.45) is 1.71. The molecule has 0 saturated carbocycles. The van der Waals surface area contributed by atoms with Crippen LogP contribution in [0.15, 0.2) is 79.0 Å². The molecule has 0 aliphatic carbocycles. The average molecular weight is 359 g/mol. The molecular formula is C23H25N3O. The van der Waals surface area contributed by atoms with E-state index in [1.807, 2.05) is 73.5 Å². The first-order chi connectivity index (χ1) is 13.2. The van der Waals surface area contributed by atoms with Gasteiger partial charge in [0, 0.05) is 38.4 Å². The molecule has 3 aromatic rings. The summed E-state index contributed by atoms with van der Waals surface area (Å²) in [6.45, 7) is 4.01. The molecule has 3 rings (SSSR count). The van der Waals surface area contributed by atoms with E-state index in [1.165, 1.54) is 5.56 Å². The van der Waals surface area contributed by atoms with Crippen LogP contribution in [0.3, 0.4) is 0 Å². The maximum atomic E-state index is 13.0. The Morgan fingerprint density at radius 3 is 2.07 bits per heavy atom. The number of pyridine rings is 1. The zero-order valence-electron chi connectivity index (χ0n) is 15.9. The van der Waals surface area contributed by atoms with Gasteiger partial charge in [-0.3, -0.25) is 4.79 Å². The molecule has 0 spiro atoms. The van der Waals surface area contributed by atoms with Gasteiger partial charge >= 0.3 is 0 Å². The summed E-state index contributed by atoms with van der Waals surface area (Å²) < 4.78 is 0. The fraction of sp³-hybridized carbons (Fsp3) is 0.217. The molecule has 0 fully saturated rings. The molecule has 0 unspecified atom stereocenters. The van der Waals surface area contributed by atoms with E-state index < -0.39 is 0 Å². The van der Waals surface area contributed by atoms with Gasteiger partial charge in [-0.1, -0.05) is 60.7 Å². The topological polar surface area (TPSA) is 36.4 Å². The number of hydrogen-bond donors (Lipinski definition) is 0. The molecule has 2 aromatic carbocycles. The number of aromatic nitrogens is 1. The second-order valence-electron chi connectivity index (χ2n) is 6.55. The van der Waals surface area contributed by atoms with Crippen LogP contribution in [0, 0.1) is 0 Å². The van der Waals surface area contributed by atoms with Crippen LogP contribution in [0.5, 0.6) is 0 Å². The van der Waals surface area contributed by atoms with Gasteiger partial charge in [0.25, 0.3) is 5.91 Å². The van der Waals surface area contributed by atoms with Crippen molar-refractivity contribution < 1.29 is 4.79 Å². The van der Waals surface area contributed by atoms with Gasteiger partial charge in [0.05, 0.1) is 0 Å². The molecule has 0 bridgehead atoms. The van der Waals surface area contributed by atoms with Gasteiger partial charge in [0.15, 0.2) is 0 Å². The predicted octanol–water partition coefficient (Wildman–Crippen LogP) is 4.38. The minimum absolute atomic E-state index is 0.0260. The van der Waals surface area contributed by atoms with Crippen LogP contribution in [0.1, 0.15) is 28.4 Å². The highest BCUT2D eigenvalue weighted by atomic mass is 16.2. The lowest BCUT2D eigenvalue weighted by Crippen LogP contribution is -2.30. The first-order valence-corrected chi connectivity index (χ1v) is 9.21. The molecule has 0 atom stereocenters. The van der Waals surface area contributed by atoms with Crippen LogP contribution in [0.2, 0.25) is 0 Å². The minimum atomic E-state index is 0.0260. The van der Waals surface area contributed by atoms with Gasteiger partial charge in [-0.15, -0.1) is 0 Å². The second-order valence-corrected chi connectivity index (χ2v) is 6.55. The number of nitrogens with zero attached hydrogens (tertiary/aromatic N) is 3. The molecule has 4 heteroatoms. The summed E-state index contributed by atoms with van der Waals surface area (Å²) in [7, 11) is 1.99. The van der Waals surface area contributed by atoms with Gasteiger partial charge < -0.3 is 9.80 Å². The van der Waals surface area contributed by atoms with Crippen molar-refractivity contribution in [1.29, 1.82) is 0 Å². The Morgan fingerprint density at radius 2 is 1.48 bits per heavy atom. The summed E-state index contributed by atoms with van der Waals surface area (Å²) in [5.74, 6) is 0.818. The number of carbonyl (C=O) groups is 1. The monoisotopic (exact) mass is 359 g/mol. The van der Waals surface area contributed by atoms with Crippen molar-refractivity contribution in [1.82, 2.24) is 9.88 Å². The molecular weight excluding hydrogens is 334 g/mol. The van der Waals surface area contributed by atoms with Crippen LogP contribution < -0.4 is 4.90 Å². The largest absolute Gasteiger partial charge is 0.355 e. The molecule has 4 nitrogen and oxygen atoms in total. The standard InChI is InChI=1S/C23H25N3O/c1-3-26(18-20-12-8-5-9-13-20)23(27)21-14-15-24-22(16-21)25(2)17-19-10-6-4-7-11-19/h4-16H,3,17-18H2,1-2H3. The SMILES string of the molecule is CCN(Cc1ccccc1)C(=O)c1ccnc(N(C)Cc2ccccc2)c1. The lowest BCUT2D eigenvalue weighted by molar-refractivity contribution is 0.0752. The molecule has 0 aliphatic rings. The Balaban J connectivity index is 1.74. The lowest BCUT2D eigenvalue weighted by atomic mass is 10.1. The molecule has 1 amide bonds. The maximum absolute atomic E-state index is 13.0. The molecule has 1 heterocycles. The van der Waals surface area contributed by atoms with E-state index >= 15 is 0 Å². The Morgan fingerprint density at radius 1 is 0.889 bits per heavy atom. The highest BCUT2D eigenvalue weighted by Gasteiger charge is 2.16. The molecule has 138 valence electrons. The third-order valence-electron chi connectivity index (χ3n) is 4.53. The average Bonchev–Trinajstić information content (AvgIpc) is 2.73. The molecule has 0 saturated heterocycles. The van der Waals surface area contributed by atoms with Gasteiger partial charge in [0.1, 0.15) is 5.82 Å². The summed E-state index contributed by atoms with van der Waals surface area (Å²) in [5.41, 5.74) is 3.00. The number of carbonyl (C=O) groups excluding carboxylic acids is 1. The van der Waals surface area contributed by atoms with E-state index in [0.717, 1.165) is 17.9 Å². The smallest absolute Gasteiger partial charge is 0.254 e. The van der Waals surface area contributed by atoms with Gasteiger partial charge in [-0.2, -0.15) is 0 Å². The minimum Gasteiger partial charge on any atom is -0.355 e. The maximum Gasteiger partial charge on any atom is 0.254 e. The van der Waals surface area contributed by atoms with Crippen molar-refractivity contribution in [3.8, 4) is 0 Å². The number of rotatable bonds is 7. The zero-order chi connectivity index (χ0) is 19.1. The zero-order valence-corrected chi connectivity index (χ0v) is 15.9. The van der Waals surface area contributed by atoms with Crippen molar-refractivity contribution in [2.75, 3.05) is 18.5 Å². The van der Waals surface area contributed by atoms with E-state index in [9.17, 15) is 4.79 Å². The Hall–Kier alpha value is -3.14. The van der Waals surface area contributed by atoms with Crippen LogP contribution in [-0.2, 0) is 13.1 Å². The molecule has 0 radical (unpaired) electrons. The van der Waals surface area contributed by atoms with E-state index in [2.05, 4.69) is 22.0 Å². The molecule has 27 heavy (non-hydrogen) atoms. The first-order valence-electron chi connectivity index (χ1n) is 9.21. The van der Waals surface area contributed by atoms with Crippen molar-refractivity contribution in [2.24, 2.45) is 0 Å². The predicted molar refractivity (Wildman–Crippen MR) is 110 cm³/mol. The number of amides is 1. The van der Waals surface area contributed by atoms with Crippen LogP contribution in [-0.4, -0.2) is 29.4 Å². The van der Waals surface area contributed by atoms with Crippen molar-refractivity contribution >= 4 is 11.7 Å². The molecule has 0 aliphatic heterocycles. The van der Waals surface area contributed by atoms with Crippen LogP contribution >= 0.6 is 0 Å². The lowest BCUT2D eigenvalue weighted by Gasteiger charge is -2.23. The number of benzene rings is 2. The van der Waals surface area contributed by atoms with Gasteiger partial charge in [-0.05, 0) is 30.2 Å². The fourth-order valence-corrected chi connectivity index (χ4v) is 3.01. The normalized spacial score (nSPS) is 10.4. The summed E-state index contributed by atoms with van der Waals surface area (Å²) in [5, 5.41) is 0. The highest BCUT2D eigenvalue weighted by molar-refractivity contribution is 5.94. The van der Waals surface area contributed by atoms with Crippen LogP contribution in [0.4, 0.5) is 5.82 Å². The van der Waals surface area contributed by atoms with Crippen LogP contribution in [0.25, 0.3) is 0 Å². The Labute approximate surface area is 161 Å². The molecule has 0 N–H and O–H groups in total. The number of hydrogen-bond acceptors (Lipinski definition) is 3. The third kappa shape index (κ3) is 4.94. The highest BCUT2D eigenvalue weighted by Crippen LogP contribution is 2.17. The van der Waals surface area contributed by atoms with Gasteiger partial charge in [-0.25, -0.2) is 4.98 Å². The van der Waals surface area contributed by atoms with Crippen molar-refractivity contribution in [3.63, 3.8) is 0 Å². The van der Waals surface area contributed by atoms with Crippen molar-refractivity contribution in [3.05, 3.63) is 95.7 Å². The second kappa shape index (κ2) is 8.99. The quantitative estimate of drug-likeness (QED) is 0.628. The third-order valence-corrected chi connectivity index (χ3v) is 4.53. The summed E-state index contributed by atoms with van der Waals surface area (Å²) >= 11 is 0.